The molecule has 1 aromatic carbocycles. The first kappa shape index (κ1) is 17.6. The average molecular weight is 313 g/mol. The maximum Gasteiger partial charge on any atom is 0.236 e. The highest BCUT2D eigenvalue weighted by Crippen LogP contribution is 2.12. The summed E-state index contributed by atoms with van der Waals surface area (Å²) in [4.78, 5) is 15.0. The van der Waals surface area contributed by atoms with Crippen LogP contribution in [-0.4, -0.2) is 64.1 Å². The highest BCUT2D eigenvalue weighted by Gasteiger charge is 2.16. The smallest absolute Gasteiger partial charge is 0.236 e. The topological polar surface area (TPSA) is 83.7 Å². The summed E-state index contributed by atoms with van der Waals surface area (Å²) < 4.78 is 24.4. The first-order valence-electron chi connectivity index (χ1n) is 6.66. The van der Waals surface area contributed by atoms with Gasteiger partial charge in [0.1, 0.15) is 0 Å². The van der Waals surface area contributed by atoms with Crippen molar-refractivity contribution in [2.24, 2.45) is 5.73 Å². The first-order chi connectivity index (χ1) is 9.76. The highest BCUT2D eigenvalue weighted by atomic mass is 32.2. The van der Waals surface area contributed by atoms with Gasteiger partial charge in [0.05, 0.1) is 17.2 Å². The van der Waals surface area contributed by atoms with E-state index < -0.39 is 9.84 Å². The van der Waals surface area contributed by atoms with Crippen molar-refractivity contribution in [2.45, 2.75) is 11.4 Å². The SMILES string of the molecule is CN(CCS(=O)(=O)c1ccc(CN)cc1)CC(=O)N(C)C. The molecule has 0 aliphatic rings. The predicted octanol–water partition coefficient (Wildman–Crippen LogP) is -0.0610. The van der Waals surface area contributed by atoms with E-state index in [0.717, 1.165) is 5.56 Å². The number of amides is 1. The third-order valence-electron chi connectivity index (χ3n) is 3.16. The summed E-state index contributed by atoms with van der Waals surface area (Å²) in [6.07, 6.45) is 0. The van der Waals surface area contributed by atoms with Crippen molar-refractivity contribution < 1.29 is 13.2 Å². The van der Waals surface area contributed by atoms with Crippen LogP contribution in [0.15, 0.2) is 29.2 Å². The fourth-order valence-electron chi connectivity index (χ4n) is 1.68. The summed E-state index contributed by atoms with van der Waals surface area (Å²) in [6, 6.07) is 6.57. The average Bonchev–Trinajstić information content (AvgIpc) is 2.45. The van der Waals surface area contributed by atoms with Crippen LogP contribution >= 0.6 is 0 Å². The Balaban J connectivity index is 2.62. The molecule has 1 rings (SSSR count). The molecule has 0 bridgehead atoms. The van der Waals surface area contributed by atoms with Gasteiger partial charge in [-0.15, -0.1) is 0 Å². The number of benzene rings is 1. The van der Waals surface area contributed by atoms with E-state index in [-0.39, 0.29) is 23.1 Å². The molecule has 0 aliphatic carbocycles. The van der Waals surface area contributed by atoms with Crippen LogP contribution in [0.5, 0.6) is 0 Å². The van der Waals surface area contributed by atoms with Gasteiger partial charge < -0.3 is 10.6 Å². The van der Waals surface area contributed by atoms with Gasteiger partial charge in [-0.1, -0.05) is 12.1 Å². The van der Waals surface area contributed by atoms with Gasteiger partial charge in [0, 0.05) is 27.2 Å². The van der Waals surface area contributed by atoms with Crippen LogP contribution in [0.25, 0.3) is 0 Å². The number of carbonyl (C=O) groups is 1. The standard InChI is InChI=1S/C14H23N3O3S/c1-16(2)14(18)11-17(3)8-9-21(19,20)13-6-4-12(10-15)5-7-13/h4-7H,8-11,15H2,1-3H3. The Morgan fingerprint density at radius 1 is 1.14 bits per heavy atom. The van der Waals surface area contributed by atoms with Crippen LogP contribution < -0.4 is 5.73 Å². The fraction of sp³-hybridized carbons (Fsp3) is 0.500. The number of nitrogens with two attached hydrogens (primary N) is 1. The van der Waals surface area contributed by atoms with Crippen LogP contribution in [0.3, 0.4) is 0 Å². The van der Waals surface area contributed by atoms with E-state index in [4.69, 9.17) is 5.73 Å². The maximum absolute atomic E-state index is 12.2. The molecule has 0 saturated heterocycles. The van der Waals surface area contributed by atoms with Crippen molar-refractivity contribution in [3.05, 3.63) is 29.8 Å². The van der Waals surface area contributed by atoms with Crippen molar-refractivity contribution in [3.63, 3.8) is 0 Å². The Morgan fingerprint density at radius 2 is 1.71 bits per heavy atom. The van der Waals surface area contributed by atoms with Crippen LogP contribution in [0.2, 0.25) is 0 Å². The molecule has 1 aromatic rings. The second-order valence-corrected chi connectivity index (χ2v) is 7.30. The molecular weight excluding hydrogens is 290 g/mol. The van der Waals surface area contributed by atoms with Crippen LogP contribution in [0, 0.1) is 0 Å². The maximum atomic E-state index is 12.2. The predicted molar refractivity (Wildman–Crippen MR) is 82.6 cm³/mol. The molecule has 7 heteroatoms. The first-order valence-corrected chi connectivity index (χ1v) is 8.32. The van der Waals surface area contributed by atoms with Crippen LogP contribution in [0.4, 0.5) is 0 Å². The lowest BCUT2D eigenvalue weighted by molar-refractivity contribution is -0.129. The number of carbonyl (C=O) groups excluding carboxylic acids is 1. The van der Waals surface area contributed by atoms with E-state index in [1.165, 1.54) is 4.90 Å². The fourth-order valence-corrected chi connectivity index (χ4v) is 3.02. The lowest BCUT2D eigenvalue weighted by Crippen LogP contribution is -2.36. The van der Waals surface area contributed by atoms with Gasteiger partial charge >= 0.3 is 0 Å². The molecule has 118 valence electrons. The summed E-state index contributed by atoms with van der Waals surface area (Å²) in [6.45, 7) is 0.894. The zero-order valence-electron chi connectivity index (χ0n) is 12.7. The number of hydrogen-bond acceptors (Lipinski definition) is 5. The molecule has 2 N–H and O–H groups in total. The van der Waals surface area contributed by atoms with E-state index in [0.29, 0.717) is 13.1 Å². The second-order valence-electron chi connectivity index (χ2n) is 5.19. The van der Waals surface area contributed by atoms with Crippen molar-refractivity contribution >= 4 is 15.7 Å². The lowest BCUT2D eigenvalue weighted by Gasteiger charge is -2.18. The summed E-state index contributed by atoms with van der Waals surface area (Å²) in [7, 11) is 1.73. The Hall–Kier alpha value is -1.44. The van der Waals surface area contributed by atoms with Gasteiger partial charge in [-0.3, -0.25) is 9.69 Å². The Morgan fingerprint density at radius 3 is 2.19 bits per heavy atom. The molecule has 0 saturated carbocycles. The molecule has 0 spiro atoms. The molecule has 1 amide bonds. The van der Waals surface area contributed by atoms with E-state index >= 15 is 0 Å². The third kappa shape index (κ3) is 5.45. The van der Waals surface area contributed by atoms with Gasteiger partial charge in [0.2, 0.25) is 5.91 Å². The molecule has 0 radical (unpaired) electrons. The number of nitrogens with zero attached hydrogens (tertiary/aromatic N) is 2. The summed E-state index contributed by atoms with van der Waals surface area (Å²) in [5.41, 5.74) is 6.38. The number of hydrogen-bond donors (Lipinski definition) is 1. The molecule has 0 heterocycles. The van der Waals surface area contributed by atoms with Gasteiger partial charge in [-0.2, -0.15) is 0 Å². The molecule has 0 aliphatic heterocycles. The van der Waals surface area contributed by atoms with Crippen LogP contribution in [0.1, 0.15) is 5.56 Å². The van der Waals surface area contributed by atoms with E-state index in [2.05, 4.69) is 0 Å². The highest BCUT2D eigenvalue weighted by molar-refractivity contribution is 7.91. The third-order valence-corrected chi connectivity index (χ3v) is 4.87. The Kier molecular flexibility index (Phi) is 6.32. The molecule has 21 heavy (non-hydrogen) atoms. The largest absolute Gasteiger partial charge is 0.348 e. The number of likely N-dealkylation sites (N-methyl/N-ethyl adjacent to an activating group) is 2. The van der Waals surface area contributed by atoms with Gasteiger partial charge in [-0.05, 0) is 24.7 Å². The van der Waals surface area contributed by atoms with Gasteiger partial charge in [0.25, 0.3) is 0 Å². The van der Waals surface area contributed by atoms with Crippen molar-refractivity contribution in [1.82, 2.24) is 9.80 Å². The molecule has 0 aromatic heterocycles. The van der Waals surface area contributed by atoms with E-state index in [9.17, 15) is 13.2 Å². The molecule has 6 nitrogen and oxygen atoms in total. The Labute approximate surface area is 126 Å². The monoisotopic (exact) mass is 313 g/mol. The van der Waals surface area contributed by atoms with Crippen LogP contribution in [-0.2, 0) is 21.2 Å². The van der Waals surface area contributed by atoms with Crippen molar-refractivity contribution in [1.29, 1.82) is 0 Å². The summed E-state index contributed by atoms with van der Waals surface area (Å²) in [5, 5.41) is 0. The molecule has 0 fully saturated rings. The minimum atomic E-state index is -3.34. The minimum absolute atomic E-state index is 0.0216. The van der Waals surface area contributed by atoms with Crippen molar-refractivity contribution in [2.75, 3.05) is 40.0 Å². The van der Waals surface area contributed by atoms with E-state index in [1.54, 1.807) is 50.3 Å². The number of sulfone groups is 1. The second kappa shape index (κ2) is 7.53. The normalized spacial score (nSPS) is 11.7. The minimum Gasteiger partial charge on any atom is -0.348 e. The zero-order chi connectivity index (χ0) is 16.0. The quantitative estimate of drug-likeness (QED) is 0.762. The van der Waals surface area contributed by atoms with Gasteiger partial charge in [-0.25, -0.2) is 8.42 Å². The lowest BCUT2D eigenvalue weighted by atomic mass is 10.2. The summed E-state index contributed by atoms with van der Waals surface area (Å²) >= 11 is 0. The Bertz CT molecular complexity index is 568. The molecule has 0 unspecified atom stereocenters. The van der Waals surface area contributed by atoms with Gasteiger partial charge in [0.15, 0.2) is 9.84 Å². The summed E-state index contributed by atoms with van der Waals surface area (Å²) in [5.74, 6) is -0.0752. The molecule has 0 atom stereocenters. The van der Waals surface area contributed by atoms with Crippen molar-refractivity contribution in [3.8, 4) is 0 Å². The zero-order valence-corrected chi connectivity index (χ0v) is 13.6. The molecular formula is C14H23N3O3S. The number of rotatable bonds is 7. The van der Waals surface area contributed by atoms with E-state index in [1.807, 2.05) is 0 Å².